The van der Waals surface area contributed by atoms with Crippen LogP contribution in [0, 0.1) is 5.92 Å². The summed E-state index contributed by atoms with van der Waals surface area (Å²) in [7, 11) is 4.44. The van der Waals surface area contributed by atoms with Crippen LogP contribution in [0.25, 0.3) is 0 Å². The number of hydrogen-bond acceptors (Lipinski definition) is 6. The summed E-state index contributed by atoms with van der Waals surface area (Å²) in [6.45, 7) is 3.84. The molecule has 0 aliphatic carbocycles. The Bertz CT molecular complexity index is 474. The molecule has 0 aliphatic rings. The summed E-state index contributed by atoms with van der Waals surface area (Å²) in [4.78, 5) is 11.8. The topological polar surface area (TPSA) is 82.8 Å². The molecule has 1 aromatic rings. The zero-order valence-electron chi connectivity index (χ0n) is 12.5. The number of benzene rings is 1. The van der Waals surface area contributed by atoms with Crippen LogP contribution in [0.4, 0.5) is 11.4 Å². The summed E-state index contributed by atoms with van der Waals surface area (Å²) in [5, 5.41) is 3.09. The minimum Gasteiger partial charge on any atom is -0.493 e. The standard InChI is InChI=1S/C14H22N2O4/c1-8(2)13(14(17)20-5)16-10-7-12(19-4)11(18-3)6-9(10)15/h6-8,13,16H,15H2,1-5H3. The fourth-order valence-corrected chi connectivity index (χ4v) is 1.81. The molecule has 1 rings (SSSR count). The van der Waals surface area contributed by atoms with E-state index in [1.807, 2.05) is 13.8 Å². The molecule has 0 amide bonds. The number of nitrogen functional groups attached to an aromatic ring is 1. The zero-order valence-corrected chi connectivity index (χ0v) is 12.5. The Hall–Kier alpha value is -2.11. The Kier molecular flexibility index (Phi) is 5.49. The molecule has 0 spiro atoms. The first-order chi connectivity index (χ1) is 9.44. The molecule has 0 radical (unpaired) electrons. The van der Waals surface area contributed by atoms with Gasteiger partial charge in [-0.2, -0.15) is 0 Å². The van der Waals surface area contributed by atoms with E-state index in [0.29, 0.717) is 22.9 Å². The molecule has 0 saturated carbocycles. The van der Waals surface area contributed by atoms with Gasteiger partial charge in [-0.1, -0.05) is 13.8 Å². The first-order valence-electron chi connectivity index (χ1n) is 6.30. The maximum absolute atomic E-state index is 11.8. The van der Waals surface area contributed by atoms with Crippen molar-refractivity contribution in [2.24, 2.45) is 5.92 Å². The van der Waals surface area contributed by atoms with E-state index in [1.54, 1.807) is 12.1 Å². The molecule has 3 N–H and O–H groups in total. The van der Waals surface area contributed by atoms with Crippen LogP contribution in [0.2, 0.25) is 0 Å². The van der Waals surface area contributed by atoms with Crippen molar-refractivity contribution < 1.29 is 19.0 Å². The highest BCUT2D eigenvalue weighted by Gasteiger charge is 2.24. The maximum Gasteiger partial charge on any atom is 0.328 e. The number of methoxy groups -OCH3 is 3. The summed E-state index contributed by atoms with van der Waals surface area (Å²) in [5.41, 5.74) is 7.03. The number of nitrogens with one attached hydrogen (secondary N) is 1. The minimum absolute atomic E-state index is 0.0509. The molecule has 1 aromatic carbocycles. The maximum atomic E-state index is 11.8. The van der Waals surface area contributed by atoms with Gasteiger partial charge >= 0.3 is 5.97 Å². The Morgan fingerprint density at radius 3 is 2.15 bits per heavy atom. The van der Waals surface area contributed by atoms with E-state index in [9.17, 15) is 4.79 Å². The van der Waals surface area contributed by atoms with Gasteiger partial charge in [0.1, 0.15) is 6.04 Å². The van der Waals surface area contributed by atoms with Crippen molar-refractivity contribution >= 4 is 17.3 Å². The molecule has 0 fully saturated rings. The molecular formula is C14H22N2O4. The predicted octanol–water partition coefficient (Wildman–Crippen LogP) is 1.90. The second kappa shape index (κ2) is 6.88. The molecule has 1 unspecified atom stereocenters. The van der Waals surface area contributed by atoms with Crippen LogP contribution in [-0.2, 0) is 9.53 Å². The number of nitrogens with two attached hydrogens (primary N) is 1. The first kappa shape index (κ1) is 15.9. The molecule has 1 atom stereocenters. The number of rotatable bonds is 6. The molecule has 6 heteroatoms. The molecular weight excluding hydrogens is 260 g/mol. The quantitative estimate of drug-likeness (QED) is 0.612. The highest BCUT2D eigenvalue weighted by atomic mass is 16.5. The van der Waals surface area contributed by atoms with E-state index >= 15 is 0 Å². The average molecular weight is 282 g/mol. The van der Waals surface area contributed by atoms with E-state index in [0.717, 1.165) is 0 Å². The van der Waals surface area contributed by atoms with Crippen molar-refractivity contribution in [2.75, 3.05) is 32.4 Å². The number of carbonyl (C=O) groups excluding carboxylic acids is 1. The number of hydrogen-bond donors (Lipinski definition) is 2. The van der Waals surface area contributed by atoms with Crippen LogP contribution < -0.4 is 20.5 Å². The first-order valence-corrected chi connectivity index (χ1v) is 6.30. The predicted molar refractivity (Wildman–Crippen MR) is 78.2 cm³/mol. The summed E-state index contributed by atoms with van der Waals surface area (Å²) in [5.74, 6) is 0.787. The van der Waals surface area contributed by atoms with Crippen LogP contribution in [0.3, 0.4) is 0 Å². The Balaban J connectivity index is 3.09. The highest BCUT2D eigenvalue weighted by molar-refractivity contribution is 5.82. The molecule has 112 valence electrons. The third kappa shape index (κ3) is 3.46. The summed E-state index contributed by atoms with van der Waals surface area (Å²) in [6.07, 6.45) is 0. The smallest absolute Gasteiger partial charge is 0.328 e. The van der Waals surface area contributed by atoms with Gasteiger partial charge in [-0.3, -0.25) is 0 Å². The minimum atomic E-state index is -0.486. The average Bonchev–Trinajstić information content (AvgIpc) is 2.44. The number of esters is 1. The van der Waals surface area contributed by atoms with Gasteiger partial charge in [0.2, 0.25) is 0 Å². The van der Waals surface area contributed by atoms with Crippen LogP contribution in [0.5, 0.6) is 11.5 Å². The Morgan fingerprint density at radius 1 is 1.15 bits per heavy atom. The van der Waals surface area contributed by atoms with Gasteiger partial charge in [-0.15, -0.1) is 0 Å². The van der Waals surface area contributed by atoms with Crippen molar-refractivity contribution in [3.05, 3.63) is 12.1 Å². The largest absolute Gasteiger partial charge is 0.493 e. The Morgan fingerprint density at radius 2 is 1.70 bits per heavy atom. The molecule has 6 nitrogen and oxygen atoms in total. The van der Waals surface area contributed by atoms with E-state index < -0.39 is 6.04 Å². The second-order valence-corrected chi connectivity index (χ2v) is 4.68. The normalized spacial score (nSPS) is 11.9. The van der Waals surface area contributed by atoms with Crippen molar-refractivity contribution in [1.29, 1.82) is 0 Å². The van der Waals surface area contributed by atoms with E-state index in [1.165, 1.54) is 21.3 Å². The monoisotopic (exact) mass is 282 g/mol. The highest BCUT2D eigenvalue weighted by Crippen LogP contribution is 2.35. The van der Waals surface area contributed by atoms with Crippen LogP contribution >= 0.6 is 0 Å². The van der Waals surface area contributed by atoms with Crippen molar-refractivity contribution in [2.45, 2.75) is 19.9 Å². The van der Waals surface area contributed by atoms with Gasteiger partial charge in [-0.25, -0.2) is 4.79 Å². The van der Waals surface area contributed by atoms with E-state index in [-0.39, 0.29) is 11.9 Å². The van der Waals surface area contributed by atoms with Crippen molar-refractivity contribution in [3.63, 3.8) is 0 Å². The van der Waals surface area contributed by atoms with Gasteiger partial charge in [0.15, 0.2) is 11.5 Å². The lowest BCUT2D eigenvalue weighted by Crippen LogP contribution is -2.35. The van der Waals surface area contributed by atoms with Gasteiger partial charge in [-0.05, 0) is 5.92 Å². The SMILES string of the molecule is COC(=O)C(Nc1cc(OC)c(OC)cc1N)C(C)C. The lowest BCUT2D eigenvalue weighted by Gasteiger charge is -2.22. The third-order valence-corrected chi connectivity index (χ3v) is 2.99. The van der Waals surface area contributed by atoms with Gasteiger partial charge < -0.3 is 25.3 Å². The van der Waals surface area contributed by atoms with Crippen LogP contribution in [0.15, 0.2) is 12.1 Å². The third-order valence-electron chi connectivity index (χ3n) is 2.99. The number of anilines is 2. The molecule has 0 saturated heterocycles. The Labute approximate surface area is 119 Å². The molecule has 0 bridgehead atoms. The van der Waals surface area contributed by atoms with Crippen LogP contribution in [-0.4, -0.2) is 33.3 Å². The lowest BCUT2D eigenvalue weighted by atomic mass is 10.0. The van der Waals surface area contributed by atoms with Gasteiger partial charge in [0, 0.05) is 12.1 Å². The summed E-state index contributed by atoms with van der Waals surface area (Å²) in [6, 6.07) is 2.86. The molecule has 0 aromatic heterocycles. The lowest BCUT2D eigenvalue weighted by molar-refractivity contribution is -0.142. The fourth-order valence-electron chi connectivity index (χ4n) is 1.81. The van der Waals surface area contributed by atoms with Gasteiger partial charge in [0.25, 0.3) is 0 Å². The number of ether oxygens (including phenoxy) is 3. The van der Waals surface area contributed by atoms with Gasteiger partial charge in [0.05, 0.1) is 32.7 Å². The molecule has 0 aliphatic heterocycles. The van der Waals surface area contributed by atoms with E-state index in [2.05, 4.69) is 5.32 Å². The number of carbonyl (C=O) groups is 1. The molecule has 20 heavy (non-hydrogen) atoms. The molecule has 0 heterocycles. The van der Waals surface area contributed by atoms with Crippen molar-refractivity contribution in [3.8, 4) is 11.5 Å². The fraction of sp³-hybridized carbons (Fsp3) is 0.500. The van der Waals surface area contributed by atoms with E-state index in [4.69, 9.17) is 19.9 Å². The summed E-state index contributed by atoms with van der Waals surface area (Å²) >= 11 is 0. The van der Waals surface area contributed by atoms with Crippen LogP contribution in [0.1, 0.15) is 13.8 Å². The summed E-state index contributed by atoms with van der Waals surface area (Å²) < 4.78 is 15.2. The van der Waals surface area contributed by atoms with Crippen molar-refractivity contribution in [1.82, 2.24) is 0 Å². The second-order valence-electron chi connectivity index (χ2n) is 4.68. The zero-order chi connectivity index (χ0) is 15.3.